The molecule has 0 aromatic heterocycles. The molecule has 2 aromatic rings. The Bertz CT molecular complexity index is 1080. The molecule has 3 unspecified atom stereocenters. The summed E-state index contributed by atoms with van der Waals surface area (Å²) in [6.45, 7) is 2.27. The highest BCUT2D eigenvalue weighted by molar-refractivity contribution is 6.36. The Balaban J connectivity index is 1.47. The number of nitrogens with one attached hydrogen (secondary N) is 2. The van der Waals surface area contributed by atoms with Crippen molar-refractivity contribution in [3.63, 3.8) is 0 Å². The minimum Gasteiger partial charge on any atom is -0.351 e. The number of nitrogens with zero attached hydrogens (tertiary/aromatic N) is 1. The molecule has 1 saturated heterocycles. The van der Waals surface area contributed by atoms with Gasteiger partial charge in [0.2, 0.25) is 11.8 Å². The van der Waals surface area contributed by atoms with Crippen molar-refractivity contribution in [1.82, 2.24) is 10.7 Å². The molecule has 2 aromatic carbocycles. The number of allylic oxidation sites excluding steroid dienone is 2. The number of benzene rings is 2. The van der Waals surface area contributed by atoms with Crippen LogP contribution in [0.5, 0.6) is 0 Å². The molecule has 2 aliphatic rings. The molecule has 32 heavy (non-hydrogen) atoms. The van der Waals surface area contributed by atoms with Crippen LogP contribution in [0.1, 0.15) is 41.6 Å². The van der Waals surface area contributed by atoms with Crippen molar-refractivity contribution in [2.75, 3.05) is 11.6 Å². The van der Waals surface area contributed by atoms with Crippen LogP contribution >= 0.6 is 23.2 Å². The number of fused-ring (bicyclic) bond motifs is 1. The molecule has 166 valence electrons. The summed E-state index contributed by atoms with van der Waals surface area (Å²) in [4.78, 5) is 38.3. The van der Waals surface area contributed by atoms with Crippen LogP contribution in [0.4, 0.5) is 5.69 Å². The fraction of sp³-hybridized carbons (Fsp3) is 0.292. The van der Waals surface area contributed by atoms with Crippen molar-refractivity contribution in [3.05, 3.63) is 75.8 Å². The van der Waals surface area contributed by atoms with Crippen LogP contribution in [0, 0.1) is 11.8 Å². The van der Waals surface area contributed by atoms with Crippen LogP contribution in [-0.2, 0) is 9.59 Å². The smallest absolute Gasteiger partial charge is 0.251 e. The average Bonchev–Trinajstić information content (AvgIpc) is 2.80. The predicted molar refractivity (Wildman–Crippen MR) is 125 cm³/mol. The first kappa shape index (κ1) is 22.4. The monoisotopic (exact) mass is 471 g/mol. The molecule has 0 spiro atoms. The number of carbonyl (C=O) groups is 3. The SMILES string of the molecule is CC(CNC(=O)c1cccc(N2NC(=O)C3CC=CCC3C2=O)c1)c1c(Cl)cccc1Cl. The lowest BCUT2D eigenvalue weighted by Crippen LogP contribution is -2.59. The summed E-state index contributed by atoms with van der Waals surface area (Å²) in [5, 5.41) is 5.25. The highest BCUT2D eigenvalue weighted by Gasteiger charge is 2.42. The van der Waals surface area contributed by atoms with Crippen LogP contribution in [0.2, 0.25) is 10.0 Å². The summed E-state index contributed by atoms with van der Waals surface area (Å²) in [5.74, 6) is -1.46. The molecule has 3 atom stereocenters. The van der Waals surface area contributed by atoms with E-state index in [-0.39, 0.29) is 35.5 Å². The van der Waals surface area contributed by atoms with Crippen molar-refractivity contribution in [2.45, 2.75) is 25.7 Å². The van der Waals surface area contributed by atoms with E-state index in [1.165, 1.54) is 5.01 Å². The third-order valence-corrected chi connectivity index (χ3v) is 6.62. The zero-order chi connectivity index (χ0) is 22.8. The van der Waals surface area contributed by atoms with E-state index in [2.05, 4.69) is 10.7 Å². The maximum absolute atomic E-state index is 13.0. The number of amides is 3. The fourth-order valence-corrected chi connectivity index (χ4v) is 4.97. The van der Waals surface area contributed by atoms with Gasteiger partial charge in [-0.3, -0.25) is 19.8 Å². The quantitative estimate of drug-likeness (QED) is 0.630. The highest BCUT2D eigenvalue weighted by Crippen LogP contribution is 2.33. The highest BCUT2D eigenvalue weighted by atomic mass is 35.5. The van der Waals surface area contributed by atoms with E-state index in [1.807, 2.05) is 19.1 Å². The number of hydrogen-bond acceptors (Lipinski definition) is 3. The second-order valence-corrected chi connectivity index (χ2v) is 8.92. The Morgan fingerprint density at radius 2 is 1.75 bits per heavy atom. The van der Waals surface area contributed by atoms with Crippen molar-refractivity contribution in [2.24, 2.45) is 11.8 Å². The summed E-state index contributed by atoms with van der Waals surface area (Å²) < 4.78 is 0. The fourth-order valence-electron chi connectivity index (χ4n) is 4.20. The summed E-state index contributed by atoms with van der Waals surface area (Å²) >= 11 is 12.5. The maximum atomic E-state index is 13.0. The minimum atomic E-state index is -0.382. The Morgan fingerprint density at radius 3 is 2.47 bits per heavy atom. The minimum absolute atomic E-state index is 0.0948. The standard InChI is InChI=1S/C24H23Cl2N3O3/c1-14(21-19(25)10-5-11-20(21)26)13-27-22(30)15-6-4-7-16(12-15)29-24(32)18-9-3-2-8-17(18)23(31)28-29/h2-7,10-12,14,17-18H,8-9,13H2,1H3,(H,27,30)(H,28,31). The molecule has 4 rings (SSSR count). The molecule has 1 aliphatic heterocycles. The van der Waals surface area contributed by atoms with Crippen molar-refractivity contribution >= 4 is 46.6 Å². The molecular weight excluding hydrogens is 449 g/mol. The van der Waals surface area contributed by atoms with Gasteiger partial charge in [-0.1, -0.05) is 54.4 Å². The van der Waals surface area contributed by atoms with E-state index in [9.17, 15) is 14.4 Å². The van der Waals surface area contributed by atoms with E-state index >= 15 is 0 Å². The summed E-state index contributed by atoms with van der Waals surface area (Å²) in [5.41, 5.74) is 4.29. The zero-order valence-corrected chi connectivity index (χ0v) is 19.0. The van der Waals surface area contributed by atoms with Gasteiger partial charge in [0.1, 0.15) is 0 Å². The second-order valence-electron chi connectivity index (χ2n) is 8.10. The van der Waals surface area contributed by atoms with Gasteiger partial charge in [-0.2, -0.15) is 0 Å². The molecule has 3 amide bonds. The van der Waals surface area contributed by atoms with Gasteiger partial charge in [0.05, 0.1) is 17.5 Å². The van der Waals surface area contributed by atoms with Gasteiger partial charge < -0.3 is 5.32 Å². The number of hydrogen-bond donors (Lipinski definition) is 2. The van der Waals surface area contributed by atoms with Crippen LogP contribution in [-0.4, -0.2) is 24.3 Å². The second kappa shape index (κ2) is 9.35. The molecule has 0 bridgehead atoms. The number of halogens is 2. The normalized spacial score (nSPS) is 21.0. The van der Waals surface area contributed by atoms with Crippen LogP contribution in [0.15, 0.2) is 54.6 Å². The average molecular weight is 472 g/mol. The van der Waals surface area contributed by atoms with Crippen molar-refractivity contribution in [3.8, 4) is 0 Å². The molecule has 1 aliphatic carbocycles. The van der Waals surface area contributed by atoms with Crippen LogP contribution in [0.25, 0.3) is 0 Å². The summed E-state index contributed by atoms with van der Waals surface area (Å²) in [6.07, 6.45) is 4.97. The number of rotatable bonds is 5. The van der Waals surface area contributed by atoms with Crippen molar-refractivity contribution in [1.29, 1.82) is 0 Å². The van der Waals surface area contributed by atoms with E-state index in [0.717, 1.165) is 5.56 Å². The molecule has 1 heterocycles. The first-order chi connectivity index (χ1) is 15.4. The van der Waals surface area contributed by atoms with Gasteiger partial charge in [-0.15, -0.1) is 0 Å². The van der Waals surface area contributed by atoms with Crippen molar-refractivity contribution < 1.29 is 14.4 Å². The predicted octanol–water partition coefficient (Wildman–Crippen LogP) is 4.49. The Kier molecular flexibility index (Phi) is 6.53. The first-order valence-electron chi connectivity index (χ1n) is 10.5. The lowest BCUT2D eigenvalue weighted by molar-refractivity contribution is -0.139. The molecule has 0 radical (unpaired) electrons. The van der Waals surface area contributed by atoms with Gasteiger partial charge in [0.25, 0.3) is 5.91 Å². The van der Waals surface area contributed by atoms with Gasteiger partial charge in [0, 0.05) is 28.1 Å². The topological polar surface area (TPSA) is 78.5 Å². The molecular formula is C24H23Cl2N3O3. The Labute approximate surface area is 196 Å². The summed E-state index contributed by atoms with van der Waals surface area (Å²) in [7, 11) is 0. The summed E-state index contributed by atoms with van der Waals surface area (Å²) in [6, 6.07) is 11.9. The molecule has 6 nitrogen and oxygen atoms in total. The van der Waals surface area contributed by atoms with Gasteiger partial charge in [0.15, 0.2) is 0 Å². The first-order valence-corrected chi connectivity index (χ1v) is 11.2. The Hall–Kier alpha value is -2.83. The Morgan fingerprint density at radius 1 is 1.09 bits per heavy atom. The van der Waals surface area contributed by atoms with Crippen LogP contribution in [0.3, 0.4) is 0 Å². The number of anilines is 1. The molecule has 0 saturated carbocycles. The maximum Gasteiger partial charge on any atom is 0.251 e. The third-order valence-electron chi connectivity index (χ3n) is 5.96. The molecule has 2 N–H and O–H groups in total. The van der Waals surface area contributed by atoms with E-state index in [1.54, 1.807) is 42.5 Å². The largest absolute Gasteiger partial charge is 0.351 e. The van der Waals surface area contributed by atoms with Gasteiger partial charge >= 0.3 is 0 Å². The molecule has 8 heteroatoms. The van der Waals surface area contributed by atoms with Gasteiger partial charge in [-0.05, 0) is 48.7 Å². The lowest BCUT2D eigenvalue weighted by Gasteiger charge is -2.38. The van der Waals surface area contributed by atoms with Crippen LogP contribution < -0.4 is 15.8 Å². The third kappa shape index (κ3) is 4.38. The van der Waals surface area contributed by atoms with Gasteiger partial charge in [-0.25, -0.2) is 5.01 Å². The number of hydrazine groups is 1. The molecule has 1 fully saturated rings. The number of carbonyl (C=O) groups excluding carboxylic acids is 3. The van der Waals surface area contributed by atoms with E-state index < -0.39 is 0 Å². The van der Waals surface area contributed by atoms with E-state index in [0.29, 0.717) is 40.7 Å². The zero-order valence-electron chi connectivity index (χ0n) is 17.5. The van der Waals surface area contributed by atoms with E-state index in [4.69, 9.17) is 23.2 Å². The lowest BCUT2D eigenvalue weighted by atomic mass is 9.80.